The number of likely N-dealkylation sites (tertiary alicyclic amines) is 2. The zero-order valence-electron chi connectivity index (χ0n) is 17.5. The fourth-order valence-corrected chi connectivity index (χ4v) is 6.38. The van der Waals surface area contributed by atoms with Crippen LogP contribution >= 0.6 is 11.6 Å². The third-order valence-corrected chi connectivity index (χ3v) is 8.32. The number of piperidine rings is 1. The van der Waals surface area contributed by atoms with Crippen LogP contribution in [0.2, 0.25) is 5.02 Å². The van der Waals surface area contributed by atoms with E-state index in [0.29, 0.717) is 37.0 Å². The van der Waals surface area contributed by atoms with Crippen molar-refractivity contribution in [2.75, 3.05) is 26.2 Å². The molecule has 5 rings (SSSR count). The molecule has 170 valence electrons. The Bertz CT molecular complexity index is 1190. The van der Waals surface area contributed by atoms with Crippen molar-refractivity contribution in [1.82, 2.24) is 19.8 Å². The summed E-state index contributed by atoms with van der Waals surface area (Å²) in [5.74, 6) is -0.410. The van der Waals surface area contributed by atoms with Crippen molar-refractivity contribution in [1.29, 1.82) is 0 Å². The standard InChI is InChI=1S/C22H25ClN4O4S/c23-16-5-3-15-9-19(6-4-14(15)8-16)32(30,31)25-20-2-1-7-26(22(20)29)13-21(28)27-12-17-10-18(27)11-24-17/h3-6,8-9,17-18,20,24-25H,1-2,7,10-13H2/t17-,18-,20+/m1/s1. The first-order valence-corrected chi connectivity index (χ1v) is 12.7. The van der Waals surface area contributed by atoms with E-state index >= 15 is 0 Å². The second-order valence-corrected chi connectivity index (χ2v) is 10.9. The first-order chi connectivity index (χ1) is 15.3. The maximum absolute atomic E-state index is 13.0. The van der Waals surface area contributed by atoms with Crippen LogP contribution in [-0.2, 0) is 19.6 Å². The van der Waals surface area contributed by atoms with E-state index in [0.717, 1.165) is 23.7 Å². The summed E-state index contributed by atoms with van der Waals surface area (Å²) in [4.78, 5) is 29.2. The van der Waals surface area contributed by atoms with E-state index in [1.54, 1.807) is 30.3 Å². The van der Waals surface area contributed by atoms with Crippen molar-refractivity contribution in [2.24, 2.45) is 0 Å². The van der Waals surface area contributed by atoms with Crippen molar-refractivity contribution < 1.29 is 18.0 Å². The molecule has 2 aromatic rings. The molecule has 3 saturated heterocycles. The lowest BCUT2D eigenvalue weighted by Gasteiger charge is -2.34. The van der Waals surface area contributed by atoms with Gasteiger partial charge in [-0.1, -0.05) is 23.7 Å². The number of piperazine rings is 1. The maximum atomic E-state index is 13.0. The molecule has 3 fully saturated rings. The van der Waals surface area contributed by atoms with Crippen LogP contribution in [0.4, 0.5) is 0 Å². The Kier molecular flexibility index (Phi) is 5.61. The number of carbonyl (C=O) groups is 2. The van der Waals surface area contributed by atoms with Crippen LogP contribution in [0.25, 0.3) is 10.8 Å². The molecule has 2 aromatic carbocycles. The summed E-state index contributed by atoms with van der Waals surface area (Å²) >= 11 is 6.00. The minimum Gasteiger partial charge on any atom is -0.335 e. The molecule has 0 radical (unpaired) electrons. The van der Waals surface area contributed by atoms with Gasteiger partial charge >= 0.3 is 0 Å². The number of hydrogen-bond acceptors (Lipinski definition) is 5. The predicted molar refractivity (Wildman–Crippen MR) is 121 cm³/mol. The number of sulfonamides is 1. The van der Waals surface area contributed by atoms with E-state index in [1.165, 1.54) is 11.0 Å². The zero-order valence-corrected chi connectivity index (χ0v) is 19.0. The molecule has 0 spiro atoms. The SMILES string of the molecule is O=C1[C@@H](NS(=O)(=O)c2ccc3cc(Cl)ccc3c2)CCCN1CC(=O)N1C[C@H]2C[C@@H]1CN2. The molecule has 0 saturated carbocycles. The monoisotopic (exact) mass is 476 g/mol. The number of carbonyl (C=O) groups excluding carboxylic acids is 2. The average Bonchev–Trinajstić information content (AvgIpc) is 3.40. The molecule has 0 aromatic heterocycles. The zero-order chi connectivity index (χ0) is 22.5. The first-order valence-electron chi connectivity index (χ1n) is 10.8. The van der Waals surface area contributed by atoms with Gasteiger partial charge in [-0.15, -0.1) is 0 Å². The number of nitrogens with zero attached hydrogens (tertiary/aromatic N) is 2. The summed E-state index contributed by atoms with van der Waals surface area (Å²) in [6.07, 6.45) is 2.00. The van der Waals surface area contributed by atoms with Crippen LogP contribution in [0.3, 0.4) is 0 Å². The highest BCUT2D eigenvalue weighted by atomic mass is 35.5. The van der Waals surface area contributed by atoms with E-state index < -0.39 is 16.1 Å². The molecule has 10 heteroatoms. The Morgan fingerprint density at radius 1 is 1.19 bits per heavy atom. The van der Waals surface area contributed by atoms with E-state index in [1.807, 2.05) is 4.90 Å². The van der Waals surface area contributed by atoms with Gasteiger partial charge in [0.2, 0.25) is 21.8 Å². The lowest BCUT2D eigenvalue weighted by Crippen LogP contribution is -2.56. The molecular formula is C22H25ClN4O4S. The smallest absolute Gasteiger partial charge is 0.242 e. The number of rotatable bonds is 5. The lowest BCUT2D eigenvalue weighted by atomic mass is 10.1. The summed E-state index contributed by atoms with van der Waals surface area (Å²) < 4.78 is 28.5. The molecule has 32 heavy (non-hydrogen) atoms. The number of halogens is 1. The molecule has 3 aliphatic rings. The van der Waals surface area contributed by atoms with E-state index in [-0.39, 0.29) is 29.3 Å². The second kappa shape index (κ2) is 8.30. The molecule has 2 N–H and O–H groups in total. The Hall–Kier alpha value is -2.20. The van der Waals surface area contributed by atoms with Gasteiger partial charge in [0, 0.05) is 36.7 Å². The first kappa shape index (κ1) is 21.6. The highest BCUT2D eigenvalue weighted by Crippen LogP contribution is 2.25. The molecule has 3 heterocycles. The largest absolute Gasteiger partial charge is 0.335 e. The second-order valence-electron chi connectivity index (χ2n) is 8.77. The van der Waals surface area contributed by atoms with Gasteiger partial charge in [-0.05, 0) is 54.3 Å². The van der Waals surface area contributed by atoms with Crippen molar-refractivity contribution in [3.8, 4) is 0 Å². The van der Waals surface area contributed by atoms with Crippen molar-refractivity contribution in [3.63, 3.8) is 0 Å². The Morgan fingerprint density at radius 3 is 2.72 bits per heavy atom. The summed E-state index contributed by atoms with van der Waals surface area (Å²) in [6, 6.07) is 9.67. The molecule has 2 bridgehead atoms. The number of fused-ring (bicyclic) bond motifs is 3. The van der Waals surface area contributed by atoms with Crippen LogP contribution in [0.5, 0.6) is 0 Å². The van der Waals surface area contributed by atoms with Crippen molar-refractivity contribution >= 4 is 44.2 Å². The van der Waals surface area contributed by atoms with Gasteiger partial charge in [0.1, 0.15) is 6.04 Å². The quantitative estimate of drug-likeness (QED) is 0.678. The Morgan fingerprint density at radius 2 is 1.97 bits per heavy atom. The maximum Gasteiger partial charge on any atom is 0.242 e. The Labute approximate surface area is 191 Å². The molecule has 0 aliphatic carbocycles. The molecule has 3 atom stereocenters. The normalized spacial score (nSPS) is 25.7. The summed E-state index contributed by atoms with van der Waals surface area (Å²) in [5, 5.41) is 5.51. The lowest BCUT2D eigenvalue weighted by molar-refractivity contribution is -0.143. The number of amides is 2. The molecule has 8 nitrogen and oxygen atoms in total. The fourth-order valence-electron chi connectivity index (χ4n) is 4.94. The van der Waals surface area contributed by atoms with E-state index in [9.17, 15) is 18.0 Å². The molecular weight excluding hydrogens is 452 g/mol. The van der Waals surface area contributed by atoms with Gasteiger partial charge in [0.05, 0.1) is 11.4 Å². The van der Waals surface area contributed by atoms with E-state index in [4.69, 9.17) is 11.6 Å². The predicted octanol–water partition coefficient (Wildman–Crippen LogP) is 1.34. The van der Waals surface area contributed by atoms with Crippen LogP contribution in [-0.4, -0.2) is 74.3 Å². The number of hydrogen-bond donors (Lipinski definition) is 2. The van der Waals surface area contributed by atoms with Crippen LogP contribution in [0.15, 0.2) is 41.3 Å². The van der Waals surface area contributed by atoms with E-state index in [2.05, 4.69) is 10.0 Å². The van der Waals surface area contributed by atoms with Crippen molar-refractivity contribution in [2.45, 2.75) is 42.3 Å². The van der Waals surface area contributed by atoms with Gasteiger partial charge in [0.25, 0.3) is 0 Å². The fraction of sp³-hybridized carbons (Fsp3) is 0.455. The highest BCUT2D eigenvalue weighted by molar-refractivity contribution is 7.89. The van der Waals surface area contributed by atoms with Gasteiger partial charge in [-0.2, -0.15) is 4.72 Å². The van der Waals surface area contributed by atoms with Gasteiger partial charge in [0.15, 0.2) is 0 Å². The van der Waals surface area contributed by atoms with Gasteiger partial charge in [-0.3, -0.25) is 9.59 Å². The van der Waals surface area contributed by atoms with Crippen LogP contribution < -0.4 is 10.0 Å². The summed E-state index contributed by atoms with van der Waals surface area (Å²) in [6.45, 7) is 1.93. The van der Waals surface area contributed by atoms with Gasteiger partial charge in [-0.25, -0.2) is 8.42 Å². The van der Waals surface area contributed by atoms with Crippen LogP contribution in [0.1, 0.15) is 19.3 Å². The number of benzene rings is 2. The topological polar surface area (TPSA) is 98.8 Å². The minimum atomic E-state index is -3.90. The van der Waals surface area contributed by atoms with Crippen LogP contribution in [0, 0.1) is 0 Å². The summed E-state index contributed by atoms with van der Waals surface area (Å²) in [7, 11) is -3.90. The average molecular weight is 477 g/mol. The molecule has 2 amide bonds. The third-order valence-electron chi connectivity index (χ3n) is 6.62. The molecule has 3 aliphatic heterocycles. The summed E-state index contributed by atoms with van der Waals surface area (Å²) in [5.41, 5.74) is 0. The third kappa shape index (κ3) is 4.10. The van der Waals surface area contributed by atoms with Crippen molar-refractivity contribution in [3.05, 3.63) is 41.4 Å². The Balaban J connectivity index is 1.27. The minimum absolute atomic E-state index is 0.00296. The van der Waals surface area contributed by atoms with Gasteiger partial charge < -0.3 is 15.1 Å². The number of nitrogens with one attached hydrogen (secondary N) is 2. The molecule has 0 unspecified atom stereocenters. The highest BCUT2D eigenvalue weighted by Gasteiger charge is 2.41.